The first-order chi connectivity index (χ1) is 10.9. The molecule has 6 nitrogen and oxygen atoms in total. The second-order valence-electron chi connectivity index (χ2n) is 5.03. The average Bonchev–Trinajstić information content (AvgIpc) is 3.04. The Morgan fingerprint density at radius 2 is 2.35 bits per heavy atom. The Bertz CT molecular complexity index is 672. The first-order valence-electron chi connectivity index (χ1n) is 6.96. The van der Waals surface area contributed by atoms with Gasteiger partial charge < -0.3 is 14.6 Å². The third-order valence-corrected chi connectivity index (χ3v) is 7.73. The van der Waals surface area contributed by atoms with Crippen molar-refractivity contribution in [3.05, 3.63) is 28.3 Å². The van der Waals surface area contributed by atoms with Crippen LogP contribution in [0.15, 0.2) is 37.8 Å². The van der Waals surface area contributed by atoms with E-state index in [1.807, 2.05) is 6.92 Å². The second-order valence-corrected chi connectivity index (χ2v) is 9.29. The van der Waals surface area contributed by atoms with E-state index in [1.54, 1.807) is 19.1 Å². The molecule has 1 aromatic rings. The Kier molecular flexibility index (Phi) is 4.47. The van der Waals surface area contributed by atoms with Crippen LogP contribution in [0.4, 0.5) is 0 Å². The molecule has 3 heterocycles. The summed E-state index contributed by atoms with van der Waals surface area (Å²) >= 11 is 3.98. The number of carboxylic acid groups (broad SMARTS) is 1. The lowest BCUT2D eigenvalue weighted by atomic mass is 9.91. The predicted molar refractivity (Wildman–Crippen MR) is 89.7 cm³/mol. The Balaban J connectivity index is 2.00. The van der Waals surface area contributed by atoms with E-state index in [1.165, 1.54) is 46.4 Å². The lowest BCUT2D eigenvalue weighted by molar-refractivity contribution is -0.159. The van der Waals surface area contributed by atoms with Crippen molar-refractivity contribution < 1.29 is 24.2 Å². The van der Waals surface area contributed by atoms with Gasteiger partial charge in [0.25, 0.3) is 0 Å². The van der Waals surface area contributed by atoms with Gasteiger partial charge in [-0.1, -0.05) is 18.7 Å². The number of carbonyl (C=O) groups is 2. The monoisotopic (exact) mass is 373 g/mol. The number of furan rings is 1. The Hall–Kier alpha value is -1.03. The van der Waals surface area contributed by atoms with Crippen molar-refractivity contribution in [3.8, 4) is 0 Å². The van der Waals surface area contributed by atoms with Crippen molar-refractivity contribution in [2.45, 2.75) is 29.2 Å². The summed E-state index contributed by atoms with van der Waals surface area (Å²) in [6, 6.07) is 3.46. The molecule has 2 N–H and O–H groups in total. The molecule has 0 radical (unpaired) electrons. The molecule has 23 heavy (non-hydrogen) atoms. The minimum absolute atomic E-state index is 0.0285. The maximum atomic E-state index is 12.4. The van der Waals surface area contributed by atoms with Crippen LogP contribution in [-0.2, 0) is 9.59 Å². The maximum absolute atomic E-state index is 12.4. The molecule has 2 aliphatic heterocycles. The van der Waals surface area contributed by atoms with Crippen LogP contribution in [0.2, 0.25) is 0 Å². The largest absolute Gasteiger partial charge is 0.477 e. The molecule has 1 amide bonds. The molecule has 0 aliphatic carbocycles. The number of carboxylic acids is 1. The number of aliphatic carboxylic acids is 1. The summed E-state index contributed by atoms with van der Waals surface area (Å²) in [5.41, 5.74) is -0.0285. The lowest BCUT2D eigenvalue weighted by Crippen LogP contribution is -2.68. The van der Waals surface area contributed by atoms with Crippen molar-refractivity contribution in [1.29, 1.82) is 0 Å². The summed E-state index contributed by atoms with van der Waals surface area (Å²) < 4.78 is 4.99. The van der Waals surface area contributed by atoms with Crippen LogP contribution in [0.3, 0.4) is 0 Å². The zero-order valence-corrected chi connectivity index (χ0v) is 14.8. The smallest absolute Gasteiger partial charge is 0.354 e. The van der Waals surface area contributed by atoms with E-state index in [-0.39, 0.29) is 11.6 Å². The van der Waals surface area contributed by atoms with E-state index < -0.39 is 22.2 Å². The van der Waals surface area contributed by atoms with E-state index >= 15 is 0 Å². The lowest BCUT2D eigenvalue weighted by Gasteiger charge is -2.53. The summed E-state index contributed by atoms with van der Waals surface area (Å²) in [4.78, 5) is 25.5. The van der Waals surface area contributed by atoms with Crippen molar-refractivity contribution in [1.82, 2.24) is 4.90 Å². The Morgan fingerprint density at radius 1 is 1.61 bits per heavy atom. The number of amides is 1. The molecule has 124 valence electrons. The quantitative estimate of drug-likeness (QED) is 0.736. The molecule has 2 aliphatic rings. The van der Waals surface area contributed by atoms with Gasteiger partial charge in [-0.3, -0.25) is 9.69 Å². The molecule has 3 rings (SSSR count). The summed E-state index contributed by atoms with van der Waals surface area (Å²) in [6.45, 7) is 3.51. The molecule has 0 saturated carbocycles. The van der Waals surface area contributed by atoms with Crippen molar-refractivity contribution in [3.63, 3.8) is 0 Å². The van der Waals surface area contributed by atoms with Gasteiger partial charge in [-0.2, -0.15) is 0 Å². The van der Waals surface area contributed by atoms with Crippen LogP contribution >= 0.6 is 35.3 Å². The topological polar surface area (TPSA) is 91.0 Å². The molecule has 3 atom stereocenters. The molecule has 1 fully saturated rings. The maximum Gasteiger partial charge on any atom is 0.354 e. The number of thioether (sulfide) groups is 3. The summed E-state index contributed by atoms with van der Waals surface area (Å²) in [7, 11) is 0. The number of aliphatic hydroxyl groups excluding tert-OH is 1. The molecule has 1 unspecified atom stereocenters. The van der Waals surface area contributed by atoms with Gasteiger partial charge in [0.05, 0.1) is 16.6 Å². The normalized spacial score (nSPS) is 27.9. The van der Waals surface area contributed by atoms with Gasteiger partial charge in [-0.25, -0.2) is 4.79 Å². The van der Waals surface area contributed by atoms with E-state index in [4.69, 9.17) is 4.42 Å². The van der Waals surface area contributed by atoms with Gasteiger partial charge in [0.2, 0.25) is 5.91 Å². The van der Waals surface area contributed by atoms with Crippen LogP contribution < -0.4 is 0 Å². The Morgan fingerprint density at radius 3 is 2.87 bits per heavy atom. The number of hydrogen-bond acceptors (Lipinski definition) is 7. The molecule has 0 bridgehead atoms. The van der Waals surface area contributed by atoms with Gasteiger partial charge in [-0.05, 0) is 36.6 Å². The summed E-state index contributed by atoms with van der Waals surface area (Å²) in [5, 5.41) is 20.1. The minimum Gasteiger partial charge on any atom is -0.477 e. The van der Waals surface area contributed by atoms with Crippen molar-refractivity contribution in [2.75, 3.05) is 5.75 Å². The fourth-order valence-corrected chi connectivity index (χ4v) is 7.68. The van der Waals surface area contributed by atoms with Gasteiger partial charge in [0, 0.05) is 0 Å². The first-order valence-corrected chi connectivity index (χ1v) is 9.58. The van der Waals surface area contributed by atoms with E-state index in [9.17, 15) is 19.8 Å². The predicted octanol–water partition coefficient (Wildman–Crippen LogP) is 2.62. The van der Waals surface area contributed by atoms with Crippen LogP contribution in [-0.4, -0.2) is 43.0 Å². The standard InChI is InChI=1S/C14H15NO5S3/c1-3-21-14-9(7(2)16)11(17)15(14)10(12(18)19)13(23-14)22-8-5-4-6-20-8/h4-7,9,16H,3H2,1-2H3,(H,18,19)/t7?,9-,14+/m0/s1. The van der Waals surface area contributed by atoms with Crippen LogP contribution in [0.25, 0.3) is 0 Å². The van der Waals surface area contributed by atoms with Crippen LogP contribution in [0.5, 0.6) is 0 Å². The highest BCUT2D eigenvalue weighted by molar-refractivity contribution is 8.29. The van der Waals surface area contributed by atoms with Gasteiger partial charge in [0.1, 0.15) is 5.92 Å². The SMILES string of the molecule is CCS[C@]12SC(Sc3ccco3)=C(C(=O)O)N1C(=O)[C@@H]2C(C)O. The van der Waals surface area contributed by atoms with Gasteiger partial charge in [0.15, 0.2) is 15.0 Å². The average molecular weight is 373 g/mol. The molecular weight excluding hydrogens is 358 g/mol. The zero-order valence-electron chi connectivity index (χ0n) is 12.4. The van der Waals surface area contributed by atoms with Crippen molar-refractivity contribution >= 4 is 47.2 Å². The number of nitrogens with zero attached hydrogens (tertiary/aromatic N) is 1. The highest BCUT2D eigenvalue weighted by atomic mass is 32.2. The molecule has 0 spiro atoms. The van der Waals surface area contributed by atoms with Gasteiger partial charge >= 0.3 is 5.97 Å². The third kappa shape index (κ3) is 2.50. The van der Waals surface area contributed by atoms with E-state index in [0.29, 0.717) is 15.1 Å². The van der Waals surface area contributed by atoms with Crippen LogP contribution in [0.1, 0.15) is 13.8 Å². The molecular formula is C14H15NO5S3. The number of fused-ring (bicyclic) bond motifs is 1. The number of rotatable bonds is 6. The third-order valence-electron chi connectivity index (χ3n) is 3.57. The fourth-order valence-electron chi connectivity index (χ4n) is 2.74. The molecule has 1 aromatic heterocycles. The number of β-lactam (4-membered cyclic amide) rings is 1. The number of hydrogen-bond donors (Lipinski definition) is 2. The highest BCUT2D eigenvalue weighted by Crippen LogP contribution is 2.66. The summed E-state index contributed by atoms with van der Waals surface area (Å²) in [6.07, 6.45) is 0.673. The first kappa shape index (κ1) is 16.8. The summed E-state index contributed by atoms with van der Waals surface area (Å²) in [5.74, 6) is -1.42. The molecule has 1 saturated heterocycles. The minimum atomic E-state index is -1.15. The second kappa shape index (κ2) is 6.12. The van der Waals surface area contributed by atoms with Gasteiger partial charge in [-0.15, -0.1) is 11.8 Å². The highest BCUT2D eigenvalue weighted by Gasteiger charge is 2.69. The number of aliphatic hydroxyl groups is 1. The number of carbonyl (C=O) groups excluding carboxylic acids is 1. The zero-order chi connectivity index (χ0) is 16.8. The van der Waals surface area contributed by atoms with Crippen LogP contribution in [0, 0.1) is 5.92 Å². The Labute approximate surface area is 145 Å². The fraction of sp³-hybridized carbons (Fsp3) is 0.429. The molecule has 0 aromatic carbocycles. The van der Waals surface area contributed by atoms with Crippen molar-refractivity contribution in [2.24, 2.45) is 5.92 Å². The van der Waals surface area contributed by atoms with E-state index in [2.05, 4.69) is 0 Å². The van der Waals surface area contributed by atoms with E-state index in [0.717, 1.165) is 0 Å². The molecule has 9 heteroatoms.